The van der Waals surface area contributed by atoms with Crippen LogP contribution in [0.15, 0.2) is 18.2 Å². The molecule has 1 aromatic rings. The highest BCUT2D eigenvalue weighted by Crippen LogP contribution is 2.27. The molecule has 0 amide bonds. The van der Waals surface area contributed by atoms with E-state index in [0.29, 0.717) is 0 Å². The Kier molecular flexibility index (Phi) is 5.67. The van der Waals surface area contributed by atoms with Crippen LogP contribution in [-0.4, -0.2) is 19.7 Å². The van der Waals surface area contributed by atoms with Crippen LogP contribution in [0.5, 0.6) is 5.75 Å². The van der Waals surface area contributed by atoms with Crippen LogP contribution >= 0.6 is 0 Å². The fourth-order valence-electron chi connectivity index (χ4n) is 1.76. The van der Waals surface area contributed by atoms with Crippen LogP contribution in [-0.2, 0) is 0 Å². The molecule has 0 fully saturated rings. The molecule has 0 heterocycles. The first-order chi connectivity index (χ1) is 8.22. The molecule has 0 atom stereocenters. The molecule has 1 aromatic carbocycles. The van der Waals surface area contributed by atoms with Crippen molar-refractivity contribution in [3.05, 3.63) is 18.2 Å². The van der Waals surface area contributed by atoms with Gasteiger partial charge in [0.1, 0.15) is 5.75 Å². The lowest BCUT2D eigenvalue weighted by molar-refractivity contribution is 0.311. The van der Waals surface area contributed by atoms with E-state index in [9.17, 15) is 0 Å². The molecule has 0 saturated carbocycles. The summed E-state index contributed by atoms with van der Waals surface area (Å²) in [7, 11) is 0. The molecule has 1 rings (SSSR count). The lowest BCUT2D eigenvalue weighted by Crippen LogP contribution is -2.21. The van der Waals surface area contributed by atoms with E-state index in [2.05, 4.69) is 31.7 Å². The van der Waals surface area contributed by atoms with E-state index in [4.69, 9.17) is 10.5 Å². The predicted octanol–water partition coefficient (Wildman–Crippen LogP) is 3.29. The number of anilines is 2. The van der Waals surface area contributed by atoms with Gasteiger partial charge in [0.15, 0.2) is 0 Å². The average Bonchev–Trinajstić information content (AvgIpc) is 2.34. The second-order valence-electron chi connectivity index (χ2n) is 4.10. The zero-order valence-corrected chi connectivity index (χ0v) is 11.2. The zero-order valence-electron chi connectivity index (χ0n) is 11.2. The van der Waals surface area contributed by atoms with Crippen molar-refractivity contribution in [3.63, 3.8) is 0 Å². The molecule has 3 nitrogen and oxygen atoms in total. The van der Waals surface area contributed by atoms with Crippen molar-refractivity contribution in [2.45, 2.75) is 33.6 Å². The third-order valence-corrected chi connectivity index (χ3v) is 2.88. The van der Waals surface area contributed by atoms with Gasteiger partial charge in [0, 0.05) is 24.8 Å². The van der Waals surface area contributed by atoms with E-state index in [0.717, 1.165) is 44.0 Å². The largest absolute Gasteiger partial charge is 0.491 e. The summed E-state index contributed by atoms with van der Waals surface area (Å²) in [5.41, 5.74) is 7.81. The third kappa shape index (κ3) is 3.84. The van der Waals surface area contributed by atoms with Crippen LogP contribution < -0.4 is 15.4 Å². The number of ether oxygens (including phenoxy) is 1. The molecule has 2 N–H and O–H groups in total. The second kappa shape index (κ2) is 7.05. The van der Waals surface area contributed by atoms with Crippen molar-refractivity contribution in [3.8, 4) is 5.75 Å². The summed E-state index contributed by atoms with van der Waals surface area (Å²) in [6.07, 6.45) is 2.20. The highest BCUT2D eigenvalue weighted by molar-refractivity contribution is 5.62. The van der Waals surface area contributed by atoms with E-state index in [1.807, 2.05) is 12.1 Å². The van der Waals surface area contributed by atoms with Crippen molar-refractivity contribution in [2.24, 2.45) is 0 Å². The Bertz CT molecular complexity index is 335. The molecule has 0 aromatic heterocycles. The topological polar surface area (TPSA) is 38.5 Å². The van der Waals surface area contributed by atoms with Crippen LogP contribution in [0.3, 0.4) is 0 Å². The van der Waals surface area contributed by atoms with Gasteiger partial charge in [-0.3, -0.25) is 0 Å². The zero-order chi connectivity index (χ0) is 12.7. The average molecular weight is 236 g/mol. The molecule has 3 heteroatoms. The van der Waals surface area contributed by atoms with Gasteiger partial charge in [-0.05, 0) is 32.4 Å². The van der Waals surface area contributed by atoms with E-state index in [-0.39, 0.29) is 0 Å². The highest BCUT2D eigenvalue weighted by Gasteiger charge is 2.06. The van der Waals surface area contributed by atoms with E-state index in [1.54, 1.807) is 0 Å². The van der Waals surface area contributed by atoms with Crippen molar-refractivity contribution in [1.29, 1.82) is 0 Å². The summed E-state index contributed by atoms with van der Waals surface area (Å²) >= 11 is 0. The monoisotopic (exact) mass is 236 g/mol. The Hall–Kier alpha value is -1.38. The Labute approximate surface area is 105 Å². The van der Waals surface area contributed by atoms with Crippen molar-refractivity contribution < 1.29 is 4.74 Å². The minimum absolute atomic E-state index is 0.719. The fourth-order valence-corrected chi connectivity index (χ4v) is 1.76. The fraction of sp³-hybridized carbons (Fsp3) is 0.571. The first-order valence-electron chi connectivity index (χ1n) is 6.50. The molecule has 0 bridgehead atoms. The minimum atomic E-state index is 0.719. The van der Waals surface area contributed by atoms with Crippen LogP contribution in [0, 0.1) is 0 Å². The second-order valence-corrected chi connectivity index (χ2v) is 4.10. The Morgan fingerprint density at radius 3 is 2.47 bits per heavy atom. The van der Waals surface area contributed by atoms with Crippen molar-refractivity contribution in [2.75, 3.05) is 30.3 Å². The molecule has 0 aliphatic rings. The predicted molar refractivity (Wildman–Crippen MR) is 74.8 cm³/mol. The lowest BCUT2D eigenvalue weighted by Gasteiger charge is -2.22. The van der Waals surface area contributed by atoms with Crippen LogP contribution in [0.25, 0.3) is 0 Å². The molecule has 0 aliphatic carbocycles. The number of nitrogen functional groups attached to an aromatic ring is 1. The number of nitrogens with two attached hydrogens (primary N) is 1. The van der Waals surface area contributed by atoms with Crippen LogP contribution in [0.1, 0.15) is 33.6 Å². The number of hydrogen-bond acceptors (Lipinski definition) is 3. The Balaban J connectivity index is 2.78. The maximum Gasteiger partial charge on any atom is 0.144 e. The summed E-state index contributed by atoms with van der Waals surface area (Å²) in [6, 6.07) is 6.02. The van der Waals surface area contributed by atoms with Gasteiger partial charge in [0.25, 0.3) is 0 Å². The summed E-state index contributed by atoms with van der Waals surface area (Å²) in [4.78, 5) is 2.28. The maximum absolute atomic E-state index is 5.91. The molecule has 0 radical (unpaired) electrons. The van der Waals surface area contributed by atoms with Gasteiger partial charge in [-0.15, -0.1) is 0 Å². The molecule has 96 valence electrons. The normalized spacial score (nSPS) is 10.3. The molecular formula is C14H24N2O. The lowest BCUT2D eigenvalue weighted by atomic mass is 10.2. The van der Waals surface area contributed by atoms with Crippen molar-refractivity contribution in [1.82, 2.24) is 0 Å². The molecule has 0 spiro atoms. The highest BCUT2D eigenvalue weighted by atomic mass is 16.5. The number of unbranched alkanes of at least 4 members (excludes halogenated alkanes) is 1. The first-order valence-corrected chi connectivity index (χ1v) is 6.50. The molecule has 0 saturated heterocycles. The Morgan fingerprint density at radius 2 is 1.88 bits per heavy atom. The minimum Gasteiger partial charge on any atom is -0.491 e. The first kappa shape index (κ1) is 13.7. The van der Waals surface area contributed by atoms with Gasteiger partial charge < -0.3 is 15.4 Å². The van der Waals surface area contributed by atoms with Crippen molar-refractivity contribution >= 4 is 11.4 Å². The molecule has 0 unspecified atom stereocenters. The van der Waals surface area contributed by atoms with Crippen LogP contribution in [0.4, 0.5) is 11.4 Å². The third-order valence-electron chi connectivity index (χ3n) is 2.88. The number of benzene rings is 1. The van der Waals surface area contributed by atoms with Gasteiger partial charge in [0.05, 0.1) is 12.3 Å². The Morgan fingerprint density at radius 1 is 1.18 bits per heavy atom. The summed E-state index contributed by atoms with van der Waals surface area (Å²) in [6.45, 7) is 9.18. The molecular weight excluding hydrogens is 212 g/mol. The van der Waals surface area contributed by atoms with E-state index >= 15 is 0 Å². The van der Waals surface area contributed by atoms with E-state index < -0.39 is 0 Å². The number of rotatable bonds is 7. The SMILES string of the molecule is CCCCOc1cc(N(CC)CC)ccc1N. The molecule has 17 heavy (non-hydrogen) atoms. The summed E-state index contributed by atoms with van der Waals surface area (Å²) < 4.78 is 5.71. The van der Waals surface area contributed by atoms with Gasteiger partial charge in [-0.2, -0.15) is 0 Å². The maximum atomic E-state index is 5.91. The van der Waals surface area contributed by atoms with Gasteiger partial charge >= 0.3 is 0 Å². The smallest absolute Gasteiger partial charge is 0.144 e. The standard InChI is InChI=1S/C14H24N2O/c1-4-7-10-17-14-11-12(8-9-13(14)15)16(5-2)6-3/h8-9,11H,4-7,10,15H2,1-3H3. The van der Waals surface area contributed by atoms with Crippen LogP contribution in [0.2, 0.25) is 0 Å². The summed E-state index contributed by atoms with van der Waals surface area (Å²) in [5, 5.41) is 0. The molecule has 0 aliphatic heterocycles. The summed E-state index contributed by atoms with van der Waals surface area (Å²) in [5.74, 6) is 0.808. The number of hydrogen-bond donors (Lipinski definition) is 1. The van der Waals surface area contributed by atoms with E-state index in [1.165, 1.54) is 5.69 Å². The van der Waals surface area contributed by atoms with Gasteiger partial charge in [-0.1, -0.05) is 13.3 Å². The quantitative estimate of drug-likeness (QED) is 0.583. The van der Waals surface area contributed by atoms with Gasteiger partial charge in [0.2, 0.25) is 0 Å². The number of nitrogens with zero attached hydrogens (tertiary/aromatic N) is 1. The van der Waals surface area contributed by atoms with Gasteiger partial charge in [-0.25, -0.2) is 0 Å².